The maximum Gasteiger partial charge on any atom is 0.310 e. The smallest absolute Gasteiger partial charge is 0.310 e. The fourth-order valence-corrected chi connectivity index (χ4v) is 3.65. The molecule has 3 rings (SSSR count). The van der Waals surface area contributed by atoms with E-state index in [0.717, 1.165) is 0 Å². The predicted molar refractivity (Wildman–Crippen MR) is 101 cm³/mol. The molecular weight excluding hydrogens is 422 g/mol. The van der Waals surface area contributed by atoms with Crippen LogP contribution in [0.5, 0.6) is 0 Å². The highest BCUT2D eigenvalue weighted by molar-refractivity contribution is 6.33. The van der Waals surface area contributed by atoms with Crippen LogP contribution < -0.4 is 5.32 Å². The van der Waals surface area contributed by atoms with Crippen molar-refractivity contribution in [3.8, 4) is 0 Å². The van der Waals surface area contributed by atoms with E-state index in [1.165, 1.54) is 31.7 Å². The zero-order valence-corrected chi connectivity index (χ0v) is 17.1. The van der Waals surface area contributed by atoms with Gasteiger partial charge in [0.25, 0.3) is 0 Å². The quantitative estimate of drug-likeness (QED) is 0.426. The van der Waals surface area contributed by atoms with Crippen molar-refractivity contribution in [2.75, 3.05) is 18.5 Å². The van der Waals surface area contributed by atoms with Crippen LogP contribution in [0.1, 0.15) is 27.0 Å². The molecule has 30 heavy (non-hydrogen) atoms. The number of aliphatic hydroxyl groups is 1. The van der Waals surface area contributed by atoms with Crippen molar-refractivity contribution in [1.29, 1.82) is 0 Å². The molecule has 1 aliphatic rings. The van der Waals surface area contributed by atoms with Crippen LogP contribution in [0, 0.1) is 11.8 Å². The Balaban J connectivity index is 1.97. The first-order chi connectivity index (χ1) is 14.0. The number of halogens is 1. The van der Waals surface area contributed by atoms with Crippen LogP contribution in [-0.2, 0) is 23.9 Å². The van der Waals surface area contributed by atoms with E-state index < -0.39 is 48.1 Å². The SMILES string of the molecule is CC(=O)Nc1nc(Cl)c2ncn([C@@H]3OC[C@@H]([C@H](COC(C)=O)C(=O)O)[C@]3(C)O)c2n1. The molecule has 2 aromatic heterocycles. The van der Waals surface area contributed by atoms with Crippen molar-refractivity contribution in [2.24, 2.45) is 11.8 Å². The second kappa shape index (κ2) is 8.13. The van der Waals surface area contributed by atoms with Gasteiger partial charge in [0.15, 0.2) is 17.0 Å². The molecule has 1 aliphatic heterocycles. The number of aromatic nitrogens is 4. The Labute approximate surface area is 175 Å². The molecule has 2 aromatic rings. The first kappa shape index (κ1) is 21.9. The number of amides is 1. The summed E-state index contributed by atoms with van der Waals surface area (Å²) in [4.78, 5) is 46.4. The Morgan fingerprint density at radius 1 is 1.43 bits per heavy atom. The number of nitrogens with zero attached hydrogens (tertiary/aromatic N) is 4. The molecule has 4 atom stereocenters. The van der Waals surface area contributed by atoms with Crippen molar-refractivity contribution in [2.45, 2.75) is 32.6 Å². The number of carbonyl (C=O) groups is 3. The number of hydrogen-bond acceptors (Lipinski definition) is 9. The van der Waals surface area contributed by atoms with Gasteiger partial charge in [-0.25, -0.2) is 4.98 Å². The zero-order chi connectivity index (χ0) is 22.2. The van der Waals surface area contributed by atoms with Gasteiger partial charge >= 0.3 is 11.9 Å². The van der Waals surface area contributed by atoms with Crippen molar-refractivity contribution in [3.05, 3.63) is 11.5 Å². The van der Waals surface area contributed by atoms with E-state index in [0.29, 0.717) is 0 Å². The average molecular weight is 442 g/mol. The Hall–Kier alpha value is -2.83. The zero-order valence-electron chi connectivity index (χ0n) is 16.3. The summed E-state index contributed by atoms with van der Waals surface area (Å²) >= 11 is 6.12. The molecule has 13 heteroatoms. The van der Waals surface area contributed by atoms with Gasteiger partial charge in [-0.05, 0) is 6.92 Å². The first-order valence-electron chi connectivity index (χ1n) is 8.90. The summed E-state index contributed by atoms with van der Waals surface area (Å²) in [7, 11) is 0. The van der Waals surface area contributed by atoms with E-state index in [9.17, 15) is 24.6 Å². The third kappa shape index (κ3) is 4.06. The summed E-state index contributed by atoms with van der Waals surface area (Å²) in [6, 6.07) is 0. The molecule has 1 fully saturated rings. The van der Waals surface area contributed by atoms with Gasteiger partial charge in [-0.3, -0.25) is 24.3 Å². The lowest BCUT2D eigenvalue weighted by Gasteiger charge is -2.32. The fourth-order valence-electron chi connectivity index (χ4n) is 3.43. The molecule has 3 heterocycles. The molecule has 1 saturated heterocycles. The Morgan fingerprint density at radius 2 is 2.13 bits per heavy atom. The van der Waals surface area contributed by atoms with Crippen molar-refractivity contribution in [1.82, 2.24) is 19.5 Å². The molecule has 162 valence electrons. The van der Waals surface area contributed by atoms with Gasteiger partial charge in [0.2, 0.25) is 11.9 Å². The molecule has 0 unspecified atom stereocenters. The molecule has 0 spiro atoms. The number of fused-ring (bicyclic) bond motifs is 1. The molecule has 0 aliphatic carbocycles. The number of anilines is 1. The molecule has 0 bridgehead atoms. The highest BCUT2D eigenvalue weighted by atomic mass is 35.5. The van der Waals surface area contributed by atoms with Crippen LogP contribution in [0.3, 0.4) is 0 Å². The van der Waals surface area contributed by atoms with E-state index >= 15 is 0 Å². The summed E-state index contributed by atoms with van der Waals surface area (Å²) in [5.41, 5.74) is -1.30. The molecule has 3 N–H and O–H groups in total. The maximum atomic E-state index is 11.7. The minimum atomic E-state index is -1.69. The van der Waals surface area contributed by atoms with E-state index in [1.807, 2.05) is 0 Å². The fraction of sp³-hybridized carbons (Fsp3) is 0.529. The third-order valence-corrected chi connectivity index (χ3v) is 5.14. The molecular formula is C17H20ClN5O7. The predicted octanol–water partition coefficient (Wildman–Crippen LogP) is 0.598. The molecule has 0 radical (unpaired) electrons. The Bertz CT molecular complexity index is 1010. The van der Waals surface area contributed by atoms with Crippen LogP contribution >= 0.6 is 11.6 Å². The number of carbonyl (C=O) groups excluding carboxylic acids is 2. The highest BCUT2D eigenvalue weighted by Gasteiger charge is 2.53. The number of carboxylic acids is 1. The Kier molecular flexibility index (Phi) is 5.92. The summed E-state index contributed by atoms with van der Waals surface area (Å²) in [5, 5.41) is 23.2. The van der Waals surface area contributed by atoms with Gasteiger partial charge < -0.3 is 19.7 Å². The summed E-state index contributed by atoms with van der Waals surface area (Å²) < 4.78 is 12.0. The van der Waals surface area contributed by atoms with E-state index in [1.54, 1.807) is 0 Å². The van der Waals surface area contributed by atoms with Crippen LogP contribution in [0.25, 0.3) is 11.2 Å². The lowest BCUT2D eigenvalue weighted by Crippen LogP contribution is -2.45. The van der Waals surface area contributed by atoms with Crippen LogP contribution in [-0.4, -0.2) is 66.4 Å². The minimum Gasteiger partial charge on any atom is -0.481 e. The van der Waals surface area contributed by atoms with E-state index in [4.69, 9.17) is 21.1 Å². The lowest BCUT2D eigenvalue weighted by atomic mass is 9.80. The molecule has 12 nitrogen and oxygen atoms in total. The minimum absolute atomic E-state index is 0.0186. The number of carboxylic acid groups (broad SMARTS) is 1. The van der Waals surface area contributed by atoms with Gasteiger partial charge in [0, 0.05) is 19.8 Å². The first-order valence-corrected chi connectivity index (χ1v) is 9.28. The Morgan fingerprint density at radius 3 is 2.73 bits per heavy atom. The number of rotatable bonds is 6. The summed E-state index contributed by atoms with van der Waals surface area (Å²) in [5.74, 6) is -4.43. The van der Waals surface area contributed by atoms with Gasteiger partial charge in [-0.2, -0.15) is 9.97 Å². The topological polar surface area (TPSA) is 166 Å². The summed E-state index contributed by atoms with van der Waals surface area (Å²) in [6.45, 7) is 3.34. The van der Waals surface area contributed by atoms with Crippen LogP contribution in [0.4, 0.5) is 5.95 Å². The normalized spacial score (nSPS) is 24.6. The average Bonchev–Trinajstić information content (AvgIpc) is 3.15. The number of aliphatic carboxylic acids is 1. The molecule has 0 aromatic carbocycles. The van der Waals surface area contributed by atoms with Gasteiger partial charge in [0.05, 0.1) is 18.9 Å². The van der Waals surface area contributed by atoms with Gasteiger partial charge in [-0.15, -0.1) is 0 Å². The second-order valence-electron chi connectivity index (χ2n) is 7.11. The summed E-state index contributed by atoms with van der Waals surface area (Å²) in [6.07, 6.45) is 0.259. The number of hydrogen-bond donors (Lipinski definition) is 3. The number of esters is 1. The molecule has 1 amide bonds. The van der Waals surface area contributed by atoms with Gasteiger partial charge in [0.1, 0.15) is 17.7 Å². The van der Waals surface area contributed by atoms with Crippen molar-refractivity contribution < 1.29 is 34.1 Å². The standard InChI is InChI=1S/C17H20ClN5O7/c1-7(24)20-16-21-12(18)11-13(22-16)23(6-19-11)15-17(3,28)10(5-30-15)9(14(26)27)4-29-8(2)25/h6,9-10,15,28H,4-5H2,1-3H3,(H,26,27)(H,20,21,22,24)/t9-,10-,15+,17-/m0/s1. The largest absolute Gasteiger partial charge is 0.481 e. The number of ether oxygens (including phenoxy) is 2. The second-order valence-corrected chi connectivity index (χ2v) is 7.47. The van der Waals surface area contributed by atoms with Crippen molar-refractivity contribution >= 4 is 46.6 Å². The third-order valence-electron chi connectivity index (χ3n) is 4.87. The van der Waals surface area contributed by atoms with Crippen LogP contribution in [0.2, 0.25) is 5.15 Å². The maximum absolute atomic E-state index is 11.7. The number of imidazole rings is 1. The van der Waals surface area contributed by atoms with E-state index in [-0.39, 0.29) is 28.9 Å². The lowest BCUT2D eigenvalue weighted by molar-refractivity contribution is -0.156. The van der Waals surface area contributed by atoms with Crippen molar-refractivity contribution in [3.63, 3.8) is 0 Å². The molecule has 0 saturated carbocycles. The highest BCUT2D eigenvalue weighted by Crippen LogP contribution is 2.43. The van der Waals surface area contributed by atoms with E-state index in [2.05, 4.69) is 20.3 Å². The van der Waals surface area contributed by atoms with Gasteiger partial charge in [-0.1, -0.05) is 11.6 Å². The number of nitrogens with one attached hydrogen (secondary N) is 1. The monoisotopic (exact) mass is 441 g/mol. The van der Waals surface area contributed by atoms with Crippen LogP contribution in [0.15, 0.2) is 6.33 Å².